The van der Waals surface area contributed by atoms with Gasteiger partial charge in [-0.2, -0.15) is 11.8 Å². The van der Waals surface area contributed by atoms with Crippen LogP contribution in [0.25, 0.3) is 0 Å². The van der Waals surface area contributed by atoms with Crippen LogP contribution in [0.15, 0.2) is 30.3 Å². The monoisotopic (exact) mass is 237 g/mol. The molecule has 0 bridgehead atoms. The first kappa shape index (κ1) is 12.0. The Labute approximate surface area is 101 Å². The van der Waals surface area contributed by atoms with Crippen molar-refractivity contribution in [3.63, 3.8) is 0 Å². The summed E-state index contributed by atoms with van der Waals surface area (Å²) in [5.41, 5.74) is 1.18. The minimum atomic E-state index is 0.0806. The predicted octanol–water partition coefficient (Wildman–Crippen LogP) is 2.20. The first-order valence-electron chi connectivity index (χ1n) is 5.83. The van der Waals surface area contributed by atoms with Crippen LogP contribution in [0.2, 0.25) is 0 Å². The Kier molecular flexibility index (Phi) is 4.27. The van der Waals surface area contributed by atoms with Crippen molar-refractivity contribution in [3.05, 3.63) is 35.9 Å². The van der Waals surface area contributed by atoms with Crippen LogP contribution in [-0.2, 0) is 0 Å². The third-order valence-corrected chi connectivity index (χ3v) is 4.38. The number of thioether (sulfide) groups is 1. The Morgan fingerprint density at radius 3 is 2.75 bits per heavy atom. The molecule has 0 aromatic heterocycles. The number of nitrogens with one attached hydrogen (secondary N) is 1. The minimum absolute atomic E-state index is 0.0806. The summed E-state index contributed by atoms with van der Waals surface area (Å²) in [6.07, 6.45) is 1.20. The van der Waals surface area contributed by atoms with E-state index in [4.69, 9.17) is 0 Å². The molecule has 2 nitrogen and oxygen atoms in total. The SMILES string of the molecule is CC1CC(NC(CO)c2ccccc2)CS1. The van der Waals surface area contributed by atoms with Crippen LogP contribution in [0.1, 0.15) is 24.9 Å². The Balaban J connectivity index is 1.96. The van der Waals surface area contributed by atoms with E-state index in [-0.39, 0.29) is 12.6 Å². The van der Waals surface area contributed by atoms with Gasteiger partial charge < -0.3 is 10.4 Å². The number of aliphatic hydroxyl groups excluding tert-OH is 1. The van der Waals surface area contributed by atoms with Gasteiger partial charge in [0.05, 0.1) is 12.6 Å². The second-order valence-electron chi connectivity index (χ2n) is 4.39. The first-order chi connectivity index (χ1) is 7.79. The molecule has 0 amide bonds. The van der Waals surface area contributed by atoms with Crippen LogP contribution in [0.4, 0.5) is 0 Å². The largest absolute Gasteiger partial charge is 0.394 e. The maximum Gasteiger partial charge on any atom is 0.0626 e. The summed E-state index contributed by atoms with van der Waals surface area (Å²) in [5, 5.41) is 13.7. The predicted molar refractivity (Wildman–Crippen MR) is 69.7 cm³/mol. The van der Waals surface area contributed by atoms with Gasteiger partial charge in [-0.15, -0.1) is 0 Å². The maximum absolute atomic E-state index is 9.44. The first-order valence-corrected chi connectivity index (χ1v) is 6.88. The lowest BCUT2D eigenvalue weighted by Gasteiger charge is -2.21. The molecule has 1 aliphatic rings. The minimum Gasteiger partial charge on any atom is -0.394 e. The third kappa shape index (κ3) is 3.00. The molecule has 2 rings (SSSR count). The van der Waals surface area contributed by atoms with Crippen LogP contribution < -0.4 is 5.32 Å². The molecular formula is C13H19NOS. The fraction of sp³-hybridized carbons (Fsp3) is 0.538. The number of aliphatic hydroxyl groups is 1. The molecule has 0 spiro atoms. The van der Waals surface area contributed by atoms with Crippen LogP contribution in [0.3, 0.4) is 0 Å². The topological polar surface area (TPSA) is 32.3 Å². The van der Waals surface area contributed by atoms with Crippen molar-refractivity contribution in [2.45, 2.75) is 30.7 Å². The zero-order valence-electron chi connectivity index (χ0n) is 9.60. The average Bonchev–Trinajstić information content (AvgIpc) is 2.73. The molecule has 3 atom stereocenters. The highest BCUT2D eigenvalue weighted by molar-refractivity contribution is 8.00. The highest BCUT2D eigenvalue weighted by atomic mass is 32.2. The highest BCUT2D eigenvalue weighted by Crippen LogP contribution is 2.27. The Hall–Kier alpha value is -0.510. The van der Waals surface area contributed by atoms with Gasteiger partial charge in [-0.3, -0.25) is 0 Å². The van der Waals surface area contributed by atoms with E-state index in [1.807, 2.05) is 30.0 Å². The molecule has 88 valence electrons. The van der Waals surface area contributed by atoms with Gasteiger partial charge in [0.2, 0.25) is 0 Å². The molecule has 1 aromatic rings. The van der Waals surface area contributed by atoms with Crippen LogP contribution in [-0.4, -0.2) is 28.8 Å². The van der Waals surface area contributed by atoms with Gasteiger partial charge in [-0.1, -0.05) is 37.3 Å². The van der Waals surface area contributed by atoms with E-state index in [9.17, 15) is 5.11 Å². The van der Waals surface area contributed by atoms with Gasteiger partial charge in [-0.25, -0.2) is 0 Å². The van der Waals surface area contributed by atoms with E-state index in [1.165, 1.54) is 12.0 Å². The molecular weight excluding hydrogens is 218 g/mol. The Morgan fingerprint density at radius 2 is 2.19 bits per heavy atom. The fourth-order valence-electron chi connectivity index (χ4n) is 2.16. The second kappa shape index (κ2) is 5.71. The molecule has 1 aromatic carbocycles. The lowest BCUT2D eigenvalue weighted by molar-refractivity contribution is 0.235. The molecule has 1 fully saturated rings. The van der Waals surface area contributed by atoms with E-state index in [0.717, 1.165) is 11.0 Å². The van der Waals surface area contributed by atoms with Crippen molar-refractivity contribution in [3.8, 4) is 0 Å². The van der Waals surface area contributed by atoms with Gasteiger partial charge in [0.1, 0.15) is 0 Å². The van der Waals surface area contributed by atoms with Gasteiger partial charge in [0, 0.05) is 17.0 Å². The zero-order valence-corrected chi connectivity index (χ0v) is 10.4. The molecule has 0 aliphatic carbocycles. The van der Waals surface area contributed by atoms with Crippen molar-refractivity contribution in [2.75, 3.05) is 12.4 Å². The molecule has 16 heavy (non-hydrogen) atoms. The van der Waals surface area contributed by atoms with Crippen molar-refractivity contribution in [2.24, 2.45) is 0 Å². The highest BCUT2D eigenvalue weighted by Gasteiger charge is 2.24. The molecule has 0 radical (unpaired) electrons. The number of benzene rings is 1. The molecule has 1 saturated heterocycles. The fourth-order valence-corrected chi connectivity index (χ4v) is 3.32. The van der Waals surface area contributed by atoms with E-state index in [0.29, 0.717) is 6.04 Å². The molecule has 0 saturated carbocycles. The van der Waals surface area contributed by atoms with Crippen molar-refractivity contribution in [1.82, 2.24) is 5.32 Å². The maximum atomic E-state index is 9.44. The lowest BCUT2D eigenvalue weighted by Crippen LogP contribution is -2.34. The molecule has 1 aliphatic heterocycles. The average molecular weight is 237 g/mol. The van der Waals surface area contributed by atoms with Crippen LogP contribution in [0, 0.1) is 0 Å². The van der Waals surface area contributed by atoms with Crippen molar-refractivity contribution >= 4 is 11.8 Å². The summed E-state index contributed by atoms with van der Waals surface area (Å²) in [7, 11) is 0. The van der Waals surface area contributed by atoms with Gasteiger partial charge >= 0.3 is 0 Å². The summed E-state index contributed by atoms with van der Waals surface area (Å²) in [6.45, 7) is 2.43. The summed E-state index contributed by atoms with van der Waals surface area (Å²) >= 11 is 2.01. The number of hydrogen-bond donors (Lipinski definition) is 2. The summed E-state index contributed by atoms with van der Waals surface area (Å²) in [5.74, 6) is 1.16. The molecule has 1 heterocycles. The summed E-state index contributed by atoms with van der Waals surface area (Å²) in [6, 6.07) is 10.8. The Morgan fingerprint density at radius 1 is 1.44 bits per heavy atom. The molecule has 3 heteroatoms. The second-order valence-corrected chi connectivity index (χ2v) is 5.86. The standard InChI is InChI=1S/C13H19NOS/c1-10-7-12(9-16-10)14-13(8-15)11-5-3-2-4-6-11/h2-6,10,12-15H,7-9H2,1H3. The molecule has 2 N–H and O–H groups in total. The normalized spacial score (nSPS) is 26.9. The van der Waals surface area contributed by atoms with Gasteiger partial charge in [-0.05, 0) is 12.0 Å². The smallest absolute Gasteiger partial charge is 0.0626 e. The van der Waals surface area contributed by atoms with E-state index >= 15 is 0 Å². The third-order valence-electron chi connectivity index (χ3n) is 3.02. The zero-order chi connectivity index (χ0) is 11.4. The van der Waals surface area contributed by atoms with E-state index in [1.54, 1.807) is 0 Å². The number of rotatable bonds is 4. The van der Waals surface area contributed by atoms with Crippen LogP contribution in [0.5, 0.6) is 0 Å². The summed E-state index contributed by atoms with van der Waals surface area (Å²) in [4.78, 5) is 0. The van der Waals surface area contributed by atoms with Crippen molar-refractivity contribution < 1.29 is 5.11 Å². The number of hydrogen-bond acceptors (Lipinski definition) is 3. The lowest BCUT2D eigenvalue weighted by atomic mass is 10.1. The summed E-state index contributed by atoms with van der Waals surface area (Å²) < 4.78 is 0. The van der Waals surface area contributed by atoms with E-state index in [2.05, 4.69) is 24.4 Å². The van der Waals surface area contributed by atoms with Gasteiger partial charge in [0.25, 0.3) is 0 Å². The van der Waals surface area contributed by atoms with E-state index < -0.39 is 0 Å². The van der Waals surface area contributed by atoms with Crippen molar-refractivity contribution in [1.29, 1.82) is 0 Å². The quantitative estimate of drug-likeness (QED) is 0.842. The van der Waals surface area contributed by atoms with Crippen LogP contribution >= 0.6 is 11.8 Å². The van der Waals surface area contributed by atoms with Gasteiger partial charge in [0.15, 0.2) is 0 Å². The molecule has 3 unspecified atom stereocenters. The Bertz CT molecular complexity index is 317.